The van der Waals surface area contributed by atoms with Crippen molar-refractivity contribution in [1.82, 2.24) is 10.6 Å². The second-order valence-corrected chi connectivity index (χ2v) is 5.14. The van der Waals surface area contributed by atoms with Crippen LogP contribution in [0, 0.1) is 23.5 Å². The van der Waals surface area contributed by atoms with E-state index in [9.17, 15) is 13.6 Å². The monoisotopic (exact) mass is 268 g/mol. The van der Waals surface area contributed by atoms with Crippen LogP contribution in [0.3, 0.4) is 0 Å². The highest BCUT2D eigenvalue weighted by molar-refractivity contribution is 5.80. The Morgan fingerprint density at radius 2 is 2.16 bits per heavy atom. The summed E-state index contributed by atoms with van der Waals surface area (Å²) in [5.74, 6) is -1.16. The number of benzene rings is 1. The van der Waals surface area contributed by atoms with Gasteiger partial charge in [-0.05, 0) is 25.5 Å². The molecular weight excluding hydrogens is 250 g/mol. The fourth-order valence-electron chi connectivity index (χ4n) is 2.41. The third-order valence-corrected chi connectivity index (χ3v) is 3.64. The molecule has 2 rings (SSSR count). The molecular formula is C14H18F2N2O. The molecule has 104 valence electrons. The summed E-state index contributed by atoms with van der Waals surface area (Å²) in [5.41, 5.74) is 0.299. The summed E-state index contributed by atoms with van der Waals surface area (Å²) in [7, 11) is 0. The number of carbonyl (C=O) groups is 1. The second kappa shape index (κ2) is 5.65. The average Bonchev–Trinajstić information content (AvgIpc) is 2.75. The molecule has 1 heterocycles. The van der Waals surface area contributed by atoms with E-state index in [2.05, 4.69) is 10.6 Å². The molecule has 1 aromatic carbocycles. The van der Waals surface area contributed by atoms with Gasteiger partial charge in [0.2, 0.25) is 5.91 Å². The fraction of sp³-hybridized carbons (Fsp3) is 0.500. The number of rotatable bonds is 3. The van der Waals surface area contributed by atoms with Crippen LogP contribution in [0.25, 0.3) is 0 Å². The van der Waals surface area contributed by atoms with Crippen molar-refractivity contribution in [3.05, 3.63) is 35.4 Å². The first kappa shape index (κ1) is 13.9. The molecule has 0 aromatic heterocycles. The largest absolute Gasteiger partial charge is 0.349 e. The molecule has 1 fully saturated rings. The Hall–Kier alpha value is -1.49. The maximum atomic E-state index is 13.6. The van der Waals surface area contributed by atoms with Gasteiger partial charge >= 0.3 is 0 Å². The molecule has 1 aliphatic rings. The summed E-state index contributed by atoms with van der Waals surface area (Å²) in [6.07, 6.45) is 0. The van der Waals surface area contributed by atoms with Crippen LogP contribution in [0.4, 0.5) is 8.78 Å². The van der Waals surface area contributed by atoms with Gasteiger partial charge in [-0.15, -0.1) is 0 Å². The van der Waals surface area contributed by atoms with Gasteiger partial charge in [0.25, 0.3) is 0 Å². The zero-order chi connectivity index (χ0) is 14.0. The van der Waals surface area contributed by atoms with Gasteiger partial charge in [0.05, 0.1) is 12.0 Å². The van der Waals surface area contributed by atoms with E-state index >= 15 is 0 Å². The van der Waals surface area contributed by atoms with Gasteiger partial charge < -0.3 is 10.6 Å². The minimum absolute atomic E-state index is 0.0891. The third-order valence-electron chi connectivity index (χ3n) is 3.64. The van der Waals surface area contributed by atoms with Crippen molar-refractivity contribution in [3.63, 3.8) is 0 Å². The van der Waals surface area contributed by atoms with E-state index in [1.807, 2.05) is 6.92 Å². The van der Waals surface area contributed by atoms with Crippen molar-refractivity contribution in [2.75, 3.05) is 13.1 Å². The molecule has 2 N–H and O–H groups in total. The van der Waals surface area contributed by atoms with Crippen LogP contribution in [-0.2, 0) is 4.79 Å². The lowest BCUT2D eigenvalue weighted by Gasteiger charge is -2.19. The molecule has 1 amide bonds. The highest BCUT2D eigenvalue weighted by Crippen LogP contribution is 2.21. The highest BCUT2D eigenvalue weighted by Gasteiger charge is 2.30. The van der Waals surface area contributed by atoms with E-state index in [1.165, 1.54) is 12.1 Å². The highest BCUT2D eigenvalue weighted by atomic mass is 19.1. The van der Waals surface area contributed by atoms with Crippen LogP contribution in [0.5, 0.6) is 0 Å². The second-order valence-electron chi connectivity index (χ2n) is 5.14. The van der Waals surface area contributed by atoms with Crippen molar-refractivity contribution in [2.24, 2.45) is 11.8 Å². The number of hydrogen-bond donors (Lipinski definition) is 2. The predicted molar refractivity (Wildman–Crippen MR) is 68.4 cm³/mol. The molecule has 1 aliphatic heterocycles. The lowest BCUT2D eigenvalue weighted by Crippen LogP contribution is -2.36. The maximum absolute atomic E-state index is 13.6. The summed E-state index contributed by atoms with van der Waals surface area (Å²) in [6.45, 7) is 5.16. The first-order chi connectivity index (χ1) is 8.99. The summed E-state index contributed by atoms with van der Waals surface area (Å²) >= 11 is 0. The van der Waals surface area contributed by atoms with E-state index in [-0.39, 0.29) is 17.7 Å². The quantitative estimate of drug-likeness (QED) is 0.880. The average molecular weight is 268 g/mol. The summed E-state index contributed by atoms with van der Waals surface area (Å²) < 4.78 is 26.4. The molecule has 1 saturated heterocycles. The summed E-state index contributed by atoms with van der Waals surface area (Å²) in [6, 6.07) is 2.92. The Morgan fingerprint density at radius 1 is 1.42 bits per heavy atom. The van der Waals surface area contributed by atoms with Crippen molar-refractivity contribution >= 4 is 5.91 Å². The normalized spacial score (nSPS) is 24.2. The van der Waals surface area contributed by atoms with Crippen molar-refractivity contribution < 1.29 is 13.6 Å². The van der Waals surface area contributed by atoms with Crippen LogP contribution >= 0.6 is 0 Å². The Morgan fingerprint density at radius 3 is 2.74 bits per heavy atom. The molecule has 3 nitrogen and oxygen atoms in total. The molecule has 0 spiro atoms. The standard InChI is InChI=1S/C14H18F2N2O/c1-8-6-17-7-12(8)14(19)18-9(2)11-4-3-10(15)5-13(11)16/h3-5,8-9,12,17H,6-7H2,1-2H3,(H,18,19). The summed E-state index contributed by atoms with van der Waals surface area (Å²) in [4.78, 5) is 12.1. The number of amides is 1. The Bertz CT molecular complexity index is 479. The van der Waals surface area contributed by atoms with Crippen LogP contribution in [0.1, 0.15) is 25.5 Å². The van der Waals surface area contributed by atoms with Crippen LogP contribution in [0.15, 0.2) is 18.2 Å². The number of halogens is 2. The molecule has 3 unspecified atom stereocenters. The van der Waals surface area contributed by atoms with Crippen LogP contribution in [0.2, 0.25) is 0 Å². The molecule has 3 atom stereocenters. The zero-order valence-electron chi connectivity index (χ0n) is 11.0. The molecule has 5 heteroatoms. The van der Waals surface area contributed by atoms with Gasteiger partial charge in [0.15, 0.2) is 0 Å². The summed E-state index contributed by atoms with van der Waals surface area (Å²) in [5, 5.41) is 5.94. The van der Waals surface area contributed by atoms with Crippen molar-refractivity contribution in [3.8, 4) is 0 Å². The molecule has 1 aromatic rings. The minimum Gasteiger partial charge on any atom is -0.349 e. The van der Waals surface area contributed by atoms with Crippen molar-refractivity contribution in [1.29, 1.82) is 0 Å². The van der Waals surface area contributed by atoms with E-state index < -0.39 is 17.7 Å². The van der Waals surface area contributed by atoms with Gasteiger partial charge in [0, 0.05) is 18.2 Å². The van der Waals surface area contributed by atoms with Gasteiger partial charge in [0.1, 0.15) is 11.6 Å². The Balaban J connectivity index is 2.04. The zero-order valence-corrected chi connectivity index (χ0v) is 11.0. The predicted octanol–water partition coefficient (Wildman–Crippen LogP) is 2.00. The van der Waals surface area contributed by atoms with E-state index in [4.69, 9.17) is 0 Å². The molecule has 19 heavy (non-hydrogen) atoms. The number of nitrogens with one attached hydrogen (secondary N) is 2. The molecule has 0 aliphatic carbocycles. The lowest BCUT2D eigenvalue weighted by molar-refractivity contribution is -0.126. The minimum atomic E-state index is -0.634. The van der Waals surface area contributed by atoms with Crippen LogP contribution < -0.4 is 10.6 Å². The fourth-order valence-corrected chi connectivity index (χ4v) is 2.41. The van der Waals surface area contributed by atoms with Gasteiger partial charge in [-0.2, -0.15) is 0 Å². The topological polar surface area (TPSA) is 41.1 Å². The lowest BCUT2D eigenvalue weighted by atomic mass is 9.96. The smallest absolute Gasteiger partial charge is 0.225 e. The van der Waals surface area contributed by atoms with Gasteiger partial charge in [-0.3, -0.25) is 4.79 Å². The van der Waals surface area contributed by atoms with Gasteiger partial charge in [-0.1, -0.05) is 13.0 Å². The first-order valence-corrected chi connectivity index (χ1v) is 6.45. The van der Waals surface area contributed by atoms with E-state index in [0.717, 1.165) is 12.6 Å². The third kappa shape index (κ3) is 3.10. The van der Waals surface area contributed by atoms with E-state index in [1.54, 1.807) is 6.92 Å². The molecule has 0 bridgehead atoms. The molecule has 0 radical (unpaired) electrons. The first-order valence-electron chi connectivity index (χ1n) is 6.45. The SMILES string of the molecule is CC(NC(=O)C1CNCC1C)c1ccc(F)cc1F. The Kier molecular flexibility index (Phi) is 4.14. The van der Waals surface area contributed by atoms with E-state index in [0.29, 0.717) is 12.1 Å². The van der Waals surface area contributed by atoms with Gasteiger partial charge in [-0.25, -0.2) is 8.78 Å². The van der Waals surface area contributed by atoms with Crippen molar-refractivity contribution in [2.45, 2.75) is 19.9 Å². The number of carbonyl (C=O) groups excluding carboxylic acids is 1. The van der Waals surface area contributed by atoms with Crippen LogP contribution in [-0.4, -0.2) is 19.0 Å². The molecule has 0 saturated carbocycles. The maximum Gasteiger partial charge on any atom is 0.225 e. The Labute approximate surface area is 111 Å². The number of hydrogen-bond acceptors (Lipinski definition) is 2.